The third-order valence-electron chi connectivity index (χ3n) is 3.28. The van der Waals surface area contributed by atoms with Gasteiger partial charge in [-0.15, -0.1) is 0 Å². The lowest BCUT2D eigenvalue weighted by Crippen LogP contribution is -1.96. The fraction of sp³-hybridized carbons (Fsp3) is 0. The van der Waals surface area contributed by atoms with Crippen molar-refractivity contribution in [1.82, 2.24) is 4.98 Å². The second-order valence-corrected chi connectivity index (χ2v) is 5.07. The number of benzene rings is 2. The van der Waals surface area contributed by atoms with E-state index in [2.05, 4.69) is 4.98 Å². The van der Waals surface area contributed by atoms with E-state index in [1.165, 1.54) is 30.3 Å². The van der Waals surface area contributed by atoms with Gasteiger partial charge in [0.1, 0.15) is 0 Å². The predicted molar refractivity (Wildman–Crippen MR) is 80.8 cm³/mol. The monoisotopic (exact) mass is 317 g/mol. The van der Waals surface area contributed by atoms with Crippen LogP contribution < -0.4 is 0 Å². The van der Waals surface area contributed by atoms with Crippen molar-refractivity contribution in [2.75, 3.05) is 0 Å². The zero-order valence-corrected chi connectivity index (χ0v) is 11.8. The number of carboxylic acids is 1. The molecular weight excluding hydrogens is 309 g/mol. The van der Waals surface area contributed by atoms with Gasteiger partial charge in [0, 0.05) is 10.9 Å². The first-order valence-electron chi connectivity index (χ1n) is 6.29. The van der Waals surface area contributed by atoms with E-state index in [9.17, 15) is 14.3 Å². The fourth-order valence-electron chi connectivity index (χ4n) is 2.16. The van der Waals surface area contributed by atoms with Crippen molar-refractivity contribution in [2.24, 2.45) is 0 Å². The number of aromatic hydroxyl groups is 1. The molecule has 0 spiro atoms. The zero-order valence-electron chi connectivity index (χ0n) is 11.0. The summed E-state index contributed by atoms with van der Waals surface area (Å²) in [7, 11) is 0. The molecule has 0 bridgehead atoms. The maximum atomic E-state index is 13.8. The van der Waals surface area contributed by atoms with Crippen LogP contribution in [0.1, 0.15) is 10.4 Å². The minimum Gasteiger partial charge on any atom is -0.505 e. The molecule has 1 aromatic heterocycles. The normalized spacial score (nSPS) is 10.8. The van der Waals surface area contributed by atoms with Crippen LogP contribution in [0.15, 0.2) is 42.5 Å². The Morgan fingerprint density at radius 3 is 2.59 bits per heavy atom. The SMILES string of the molecule is O=C(O)c1ccc(-c2ccc3c(F)c(O)ccc3n2)c(Cl)c1. The summed E-state index contributed by atoms with van der Waals surface area (Å²) in [5.74, 6) is -2.24. The molecule has 0 aliphatic heterocycles. The van der Waals surface area contributed by atoms with E-state index in [-0.39, 0.29) is 16.0 Å². The molecule has 0 amide bonds. The fourth-order valence-corrected chi connectivity index (χ4v) is 2.44. The lowest BCUT2D eigenvalue weighted by Gasteiger charge is -2.07. The number of fused-ring (bicyclic) bond motifs is 1. The Kier molecular flexibility index (Phi) is 3.42. The van der Waals surface area contributed by atoms with Crippen LogP contribution in [-0.2, 0) is 0 Å². The topological polar surface area (TPSA) is 70.4 Å². The molecule has 0 unspecified atom stereocenters. The van der Waals surface area contributed by atoms with Gasteiger partial charge in [-0.2, -0.15) is 0 Å². The summed E-state index contributed by atoms with van der Waals surface area (Å²) < 4.78 is 13.8. The first-order chi connectivity index (χ1) is 10.5. The maximum absolute atomic E-state index is 13.8. The molecule has 0 atom stereocenters. The highest BCUT2D eigenvalue weighted by atomic mass is 35.5. The number of phenols is 1. The number of aromatic carboxylic acids is 1. The van der Waals surface area contributed by atoms with Crippen molar-refractivity contribution >= 4 is 28.5 Å². The third kappa shape index (κ3) is 2.35. The number of hydrogen-bond acceptors (Lipinski definition) is 3. The van der Waals surface area contributed by atoms with Gasteiger partial charge in [-0.3, -0.25) is 0 Å². The van der Waals surface area contributed by atoms with Gasteiger partial charge in [0.25, 0.3) is 0 Å². The lowest BCUT2D eigenvalue weighted by molar-refractivity contribution is 0.0697. The van der Waals surface area contributed by atoms with Crippen LogP contribution in [0.2, 0.25) is 5.02 Å². The summed E-state index contributed by atoms with van der Waals surface area (Å²) in [5.41, 5.74) is 1.47. The van der Waals surface area contributed by atoms with Gasteiger partial charge in [-0.05, 0) is 36.4 Å². The number of rotatable bonds is 2. The molecule has 0 saturated heterocycles. The molecule has 0 radical (unpaired) electrons. The molecule has 3 rings (SSSR count). The average molecular weight is 318 g/mol. The van der Waals surface area contributed by atoms with E-state index in [4.69, 9.17) is 16.7 Å². The summed E-state index contributed by atoms with van der Waals surface area (Å²) in [5, 5.41) is 18.7. The average Bonchev–Trinajstić information content (AvgIpc) is 2.50. The standard InChI is InChI=1S/C16H9ClFNO3/c17-11-7-8(16(21)22)1-2-9(11)12-4-3-10-13(19-12)5-6-14(20)15(10)18/h1-7,20H,(H,21,22). The van der Waals surface area contributed by atoms with Crippen LogP contribution >= 0.6 is 11.6 Å². The van der Waals surface area contributed by atoms with Crippen molar-refractivity contribution in [3.05, 3.63) is 58.9 Å². The molecule has 1 heterocycles. The molecule has 0 fully saturated rings. The molecule has 0 saturated carbocycles. The third-order valence-corrected chi connectivity index (χ3v) is 3.59. The Morgan fingerprint density at radius 2 is 1.91 bits per heavy atom. The van der Waals surface area contributed by atoms with Crippen LogP contribution in [0.3, 0.4) is 0 Å². The summed E-state index contributed by atoms with van der Waals surface area (Å²) in [6.07, 6.45) is 0. The molecule has 2 N–H and O–H groups in total. The van der Waals surface area contributed by atoms with Crippen LogP contribution in [0.4, 0.5) is 4.39 Å². The van der Waals surface area contributed by atoms with Gasteiger partial charge in [0.05, 0.1) is 21.8 Å². The molecule has 0 aliphatic carbocycles. The first-order valence-corrected chi connectivity index (χ1v) is 6.66. The molecule has 110 valence electrons. The van der Waals surface area contributed by atoms with Crippen LogP contribution in [-0.4, -0.2) is 21.2 Å². The Morgan fingerprint density at radius 1 is 1.14 bits per heavy atom. The second-order valence-electron chi connectivity index (χ2n) is 4.66. The van der Waals surface area contributed by atoms with Crippen LogP contribution in [0.5, 0.6) is 5.75 Å². The lowest BCUT2D eigenvalue weighted by atomic mass is 10.1. The molecule has 22 heavy (non-hydrogen) atoms. The van der Waals surface area contributed by atoms with E-state index < -0.39 is 17.5 Å². The Labute approximate surface area is 129 Å². The highest BCUT2D eigenvalue weighted by Crippen LogP contribution is 2.31. The van der Waals surface area contributed by atoms with Crippen LogP contribution in [0.25, 0.3) is 22.2 Å². The largest absolute Gasteiger partial charge is 0.505 e. The summed E-state index contributed by atoms with van der Waals surface area (Å²) >= 11 is 6.10. The minimum atomic E-state index is -1.07. The smallest absolute Gasteiger partial charge is 0.335 e. The highest BCUT2D eigenvalue weighted by Gasteiger charge is 2.12. The van der Waals surface area contributed by atoms with Gasteiger partial charge >= 0.3 is 5.97 Å². The Hall–Kier alpha value is -2.66. The second kappa shape index (κ2) is 5.27. The van der Waals surface area contributed by atoms with E-state index in [1.54, 1.807) is 12.1 Å². The summed E-state index contributed by atoms with van der Waals surface area (Å²) in [4.78, 5) is 15.2. The van der Waals surface area contributed by atoms with E-state index in [0.29, 0.717) is 16.8 Å². The molecular formula is C16H9ClFNO3. The van der Waals surface area contributed by atoms with Crippen molar-refractivity contribution in [1.29, 1.82) is 0 Å². The van der Waals surface area contributed by atoms with E-state index >= 15 is 0 Å². The quantitative estimate of drug-likeness (QED) is 0.746. The molecule has 0 aliphatic rings. The van der Waals surface area contributed by atoms with E-state index in [0.717, 1.165) is 0 Å². The number of aromatic nitrogens is 1. The molecule has 4 nitrogen and oxygen atoms in total. The highest BCUT2D eigenvalue weighted by molar-refractivity contribution is 6.33. The van der Waals surface area contributed by atoms with E-state index in [1.807, 2.05) is 0 Å². The van der Waals surface area contributed by atoms with Gasteiger partial charge < -0.3 is 10.2 Å². The number of pyridine rings is 1. The maximum Gasteiger partial charge on any atom is 0.335 e. The number of halogens is 2. The van der Waals surface area contributed by atoms with Gasteiger partial charge in [0.15, 0.2) is 11.6 Å². The molecule has 2 aromatic carbocycles. The van der Waals surface area contributed by atoms with Crippen molar-refractivity contribution in [3.8, 4) is 17.0 Å². The first kappa shape index (κ1) is 14.3. The van der Waals surface area contributed by atoms with Gasteiger partial charge in [-0.1, -0.05) is 17.7 Å². The van der Waals surface area contributed by atoms with Crippen LogP contribution in [0, 0.1) is 5.82 Å². The molecule has 6 heteroatoms. The number of nitrogens with zero attached hydrogens (tertiary/aromatic N) is 1. The minimum absolute atomic E-state index is 0.0745. The van der Waals surface area contributed by atoms with Crippen molar-refractivity contribution in [3.63, 3.8) is 0 Å². The molecule has 3 aromatic rings. The zero-order chi connectivity index (χ0) is 15.9. The Balaban J connectivity index is 2.15. The number of carbonyl (C=O) groups is 1. The van der Waals surface area contributed by atoms with Gasteiger partial charge in [-0.25, -0.2) is 14.2 Å². The number of carboxylic acid groups (broad SMARTS) is 1. The summed E-state index contributed by atoms with van der Waals surface area (Å²) in [6.45, 7) is 0. The van der Waals surface area contributed by atoms with Crippen molar-refractivity contribution in [2.45, 2.75) is 0 Å². The predicted octanol–water partition coefficient (Wildman–Crippen LogP) is 4.10. The van der Waals surface area contributed by atoms with Crippen molar-refractivity contribution < 1.29 is 19.4 Å². The number of phenolic OH excluding ortho intramolecular Hbond substituents is 1. The number of hydrogen-bond donors (Lipinski definition) is 2. The van der Waals surface area contributed by atoms with Gasteiger partial charge in [0.2, 0.25) is 0 Å². The Bertz CT molecular complexity index is 911. The summed E-state index contributed by atoms with van der Waals surface area (Å²) in [6, 6.07) is 10.1.